The van der Waals surface area contributed by atoms with Gasteiger partial charge < -0.3 is 10.6 Å². The molecular formula is C16H20N4OS. The van der Waals surface area contributed by atoms with Crippen LogP contribution < -0.4 is 10.6 Å². The number of rotatable bonds is 3. The molecule has 3 heterocycles. The first-order valence-corrected chi connectivity index (χ1v) is 8.77. The maximum atomic E-state index is 12.4. The molecule has 2 aromatic rings. The summed E-state index contributed by atoms with van der Waals surface area (Å²) in [7, 11) is 0. The third-order valence-electron chi connectivity index (χ3n) is 4.66. The van der Waals surface area contributed by atoms with Crippen LogP contribution in [0.2, 0.25) is 0 Å². The number of carbonyl (C=O) groups is 1. The Morgan fingerprint density at radius 1 is 1.36 bits per heavy atom. The van der Waals surface area contributed by atoms with Crippen LogP contribution in [0.5, 0.6) is 0 Å². The van der Waals surface area contributed by atoms with Crippen molar-refractivity contribution in [3.05, 3.63) is 23.4 Å². The van der Waals surface area contributed by atoms with Crippen LogP contribution in [-0.4, -0.2) is 28.7 Å². The monoisotopic (exact) mass is 316 g/mol. The van der Waals surface area contributed by atoms with Crippen LogP contribution in [0.15, 0.2) is 12.3 Å². The SMILES string of the molecule is CC1CNC(=O)c2c(NC3CCCC3)sc(-c3cc[nH]n3)c21. The van der Waals surface area contributed by atoms with Crippen molar-refractivity contribution in [1.82, 2.24) is 15.5 Å². The maximum Gasteiger partial charge on any atom is 0.254 e. The minimum Gasteiger partial charge on any atom is -0.374 e. The first kappa shape index (κ1) is 13.8. The average molecular weight is 316 g/mol. The number of amides is 1. The van der Waals surface area contributed by atoms with Gasteiger partial charge in [0.2, 0.25) is 0 Å². The summed E-state index contributed by atoms with van der Waals surface area (Å²) < 4.78 is 0. The average Bonchev–Trinajstić information content (AvgIpc) is 3.23. The molecule has 1 amide bonds. The number of nitrogens with one attached hydrogen (secondary N) is 3. The van der Waals surface area contributed by atoms with E-state index in [0.29, 0.717) is 18.5 Å². The Bertz CT molecular complexity index is 685. The minimum absolute atomic E-state index is 0.0478. The molecule has 2 aromatic heterocycles. The number of aromatic nitrogens is 2. The van der Waals surface area contributed by atoms with Gasteiger partial charge in [-0.1, -0.05) is 19.8 Å². The van der Waals surface area contributed by atoms with E-state index < -0.39 is 0 Å². The second-order valence-corrected chi connectivity index (χ2v) is 7.27. The van der Waals surface area contributed by atoms with Crippen molar-refractivity contribution >= 4 is 22.2 Å². The number of aromatic amines is 1. The minimum atomic E-state index is 0.0478. The van der Waals surface area contributed by atoms with Crippen LogP contribution in [0.3, 0.4) is 0 Å². The Hall–Kier alpha value is -1.82. The van der Waals surface area contributed by atoms with Crippen molar-refractivity contribution in [2.45, 2.75) is 44.6 Å². The number of fused-ring (bicyclic) bond motifs is 1. The standard InChI is InChI=1S/C16H20N4OS/c1-9-8-17-15(21)13-12(9)14(11-6-7-18-20-11)22-16(13)19-10-4-2-3-5-10/h6-7,9-10,19H,2-5,8H2,1H3,(H,17,21)(H,18,20). The van der Waals surface area contributed by atoms with E-state index in [-0.39, 0.29) is 5.91 Å². The van der Waals surface area contributed by atoms with Crippen molar-refractivity contribution in [1.29, 1.82) is 0 Å². The van der Waals surface area contributed by atoms with Crippen molar-refractivity contribution in [2.75, 3.05) is 11.9 Å². The molecule has 1 aliphatic carbocycles. The molecule has 0 spiro atoms. The van der Waals surface area contributed by atoms with E-state index in [9.17, 15) is 4.79 Å². The zero-order valence-electron chi connectivity index (χ0n) is 12.6. The fraction of sp³-hybridized carbons (Fsp3) is 0.500. The van der Waals surface area contributed by atoms with Crippen LogP contribution in [0.25, 0.3) is 10.6 Å². The predicted molar refractivity (Wildman–Crippen MR) is 88.5 cm³/mol. The lowest BCUT2D eigenvalue weighted by Crippen LogP contribution is -2.34. The van der Waals surface area contributed by atoms with Gasteiger partial charge in [-0.15, -0.1) is 11.3 Å². The van der Waals surface area contributed by atoms with Crippen LogP contribution >= 0.6 is 11.3 Å². The van der Waals surface area contributed by atoms with E-state index in [0.717, 1.165) is 26.7 Å². The van der Waals surface area contributed by atoms with E-state index >= 15 is 0 Å². The van der Waals surface area contributed by atoms with E-state index in [2.05, 4.69) is 27.8 Å². The zero-order valence-corrected chi connectivity index (χ0v) is 13.4. The number of anilines is 1. The summed E-state index contributed by atoms with van der Waals surface area (Å²) in [6.07, 6.45) is 6.78. The maximum absolute atomic E-state index is 12.4. The summed E-state index contributed by atoms with van der Waals surface area (Å²) in [6, 6.07) is 2.48. The predicted octanol–water partition coefficient (Wildman–Crippen LogP) is 3.34. The van der Waals surface area contributed by atoms with Crippen molar-refractivity contribution in [3.63, 3.8) is 0 Å². The summed E-state index contributed by atoms with van der Waals surface area (Å²) in [5.41, 5.74) is 2.93. The van der Waals surface area contributed by atoms with Crippen LogP contribution in [-0.2, 0) is 0 Å². The van der Waals surface area contributed by atoms with E-state index in [4.69, 9.17) is 0 Å². The number of hydrogen-bond donors (Lipinski definition) is 3. The molecule has 0 saturated heterocycles. The van der Waals surface area contributed by atoms with Gasteiger partial charge in [-0.3, -0.25) is 9.89 Å². The van der Waals surface area contributed by atoms with Gasteiger partial charge in [-0.05, 0) is 24.5 Å². The highest BCUT2D eigenvalue weighted by atomic mass is 32.1. The van der Waals surface area contributed by atoms with Gasteiger partial charge in [0.15, 0.2) is 0 Å². The molecule has 2 aliphatic rings. The third kappa shape index (κ3) is 2.22. The highest BCUT2D eigenvalue weighted by Gasteiger charge is 2.33. The number of hydrogen-bond acceptors (Lipinski definition) is 4. The van der Waals surface area contributed by atoms with Crippen LogP contribution in [0, 0.1) is 0 Å². The lowest BCUT2D eigenvalue weighted by Gasteiger charge is -2.22. The molecule has 0 aromatic carbocycles. The normalized spacial score (nSPS) is 21.7. The highest BCUT2D eigenvalue weighted by Crippen LogP contribution is 2.45. The smallest absolute Gasteiger partial charge is 0.254 e. The number of H-pyrrole nitrogens is 1. The number of thiophene rings is 1. The van der Waals surface area contributed by atoms with Crippen LogP contribution in [0.4, 0.5) is 5.00 Å². The van der Waals surface area contributed by atoms with Crippen molar-refractivity contribution in [2.24, 2.45) is 0 Å². The molecule has 6 heteroatoms. The second kappa shape index (κ2) is 5.43. The third-order valence-corrected chi connectivity index (χ3v) is 5.82. The molecule has 4 rings (SSSR count). The van der Waals surface area contributed by atoms with Crippen molar-refractivity contribution in [3.8, 4) is 10.6 Å². The van der Waals surface area contributed by atoms with E-state index in [1.54, 1.807) is 11.3 Å². The van der Waals surface area contributed by atoms with E-state index in [1.165, 1.54) is 25.7 Å². The molecule has 1 fully saturated rings. The Morgan fingerprint density at radius 2 is 2.18 bits per heavy atom. The van der Waals surface area contributed by atoms with Crippen LogP contribution in [0.1, 0.15) is 54.4 Å². The lowest BCUT2D eigenvalue weighted by atomic mass is 9.92. The van der Waals surface area contributed by atoms with Gasteiger partial charge in [0.1, 0.15) is 10.7 Å². The molecule has 22 heavy (non-hydrogen) atoms. The number of nitrogens with zero attached hydrogens (tertiary/aromatic N) is 1. The fourth-order valence-corrected chi connectivity index (χ4v) is 4.88. The zero-order chi connectivity index (χ0) is 15.1. The molecule has 3 N–H and O–H groups in total. The Morgan fingerprint density at radius 3 is 2.91 bits per heavy atom. The second-order valence-electron chi connectivity index (χ2n) is 6.25. The Balaban J connectivity index is 1.81. The fourth-order valence-electron chi connectivity index (χ4n) is 3.51. The summed E-state index contributed by atoms with van der Waals surface area (Å²) >= 11 is 1.67. The van der Waals surface area contributed by atoms with Gasteiger partial charge in [-0.2, -0.15) is 5.10 Å². The first-order chi connectivity index (χ1) is 10.7. The summed E-state index contributed by atoms with van der Waals surface area (Å²) in [4.78, 5) is 13.6. The molecule has 0 radical (unpaired) electrons. The number of carbonyl (C=O) groups excluding carboxylic acids is 1. The molecule has 1 saturated carbocycles. The molecular weight excluding hydrogens is 296 g/mol. The van der Waals surface area contributed by atoms with Gasteiger partial charge in [0, 0.05) is 24.7 Å². The van der Waals surface area contributed by atoms with Gasteiger partial charge >= 0.3 is 0 Å². The molecule has 1 unspecified atom stereocenters. The molecule has 5 nitrogen and oxygen atoms in total. The summed E-state index contributed by atoms with van der Waals surface area (Å²) in [5.74, 6) is 0.362. The molecule has 1 atom stereocenters. The summed E-state index contributed by atoms with van der Waals surface area (Å²) in [5, 5.41) is 14.9. The van der Waals surface area contributed by atoms with Gasteiger partial charge in [0.25, 0.3) is 5.91 Å². The highest BCUT2D eigenvalue weighted by molar-refractivity contribution is 7.20. The van der Waals surface area contributed by atoms with E-state index in [1.807, 2.05) is 12.3 Å². The molecule has 116 valence electrons. The Kier molecular flexibility index (Phi) is 3.41. The topological polar surface area (TPSA) is 69.8 Å². The van der Waals surface area contributed by atoms with Gasteiger partial charge in [0.05, 0.1) is 10.4 Å². The first-order valence-electron chi connectivity index (χ1n) is 7.95. The molecule has 1 aliphatic heterocycles. The van der Waals surface area contributed by atoms with Crippen molar-refractivity contribution < 1.29 is 4.79 Å². The summed E-state index contributed by atoms with van der Waals surface area (Å²) in [6.45, 7) is 2.86. The lowest BCUT2D eigenvalue weighted by molar-refractivity contribution is 0.0943. The van der Waals surface area contributed by atoms with Gasteiger partial charge in [-0.25, -0.2) is 0 Å². The Labute approximate surface area is 133 Å². The largest absolute Gasteiger partial charge is 0.374 e. The molecule has 0 bridgehead atoms. The quantitative estimate of drug-likeness (QED) is 0.813.